The van der Waals surface area contributed by atoms with Gasteiger partial charge in [-0.25, -0.2) is 0 Å². The minimum Gasteiger partial charge on any atom is -0.494 e. The van der Waals surface area contributed by atoms with Crippen LogP contribution in [-0.2, 0) is 4.79 Å². The van der Waals surface area contributed by atoms with E-state index in [-0.39, 0.29) is 11.7 Å². The van der Waals surface area contributed by atoms with Gasteiger partial charge in [0.1, 0.15) is 5.75 Å². The van der Waals surface area contributed by atoms with Crippen LogP contribution in [0.4, 0.5) is 10.8 Å². The Morgan fingerprint density at radius 2 is 2.15 bits per heavy atom. The third kappa shape index (κ3) is 4.39. The summed E-state index contributed by atoms with van der Waals surface area (Å²) in [6, 6.07) is 7.24. The molecule has 0 saturated heterocycles. The Hall–Kier alpha value is -1.80. The fourth-order valence-corrected chi connectivity index (χ4v) is 2.84. The standard InChI is InChI=1S/C12H14N4O2S2/c1-2-18-9-5-3-8(4-6-9)14-10(17)7-19-12-16-15-11(13)20-12/h3-6H,2,7H2,1H3,(H2,13,15)(H,14,17). The molecule has 106 valence electrons. The first-order chi connectivity index (χ1) is 9.67. The van der Waals surface area contributed by atoms with Gasteiger partial charge in [-0.1, -0.05) is 23.1 Å². The maximum atomic E-state index is 11.8. The van der Waals surface area contributed by atoms with E-state index in [1.807, 2.05) is 19.1 Å². The zero-order valence-electron chi connectivity index (χ0n) is 10.8. The number of nitrogens with one attached hydrogen (secondary N) is 1. The lowest BCUT2D eigenvalue weighted by molar-refractivity contribution is -0.113. The van der Waals surface area contributed by atoms with Crippen LogP contribution in [0.2, 0.25) is 0 Å². The number of benzene rings is 1. The predicted molar refractivity (Wildman–Crippen MR) is 81.3 cm³/mol. The van der Waals surface area contributed by atoms with Crippen molar-refractivity contribution in [2.45, 2.75) is 11.3 Å². The first-order valence-electron chi connectivity index (χ1n) is 5.92. The smallest absolute Gasteiger partial charge is 0.234 e. The molecule has 20 heavy (non-hydrogen) atoms. The van der Waals surface area contributed by atoms with Crippen molar-refractivity contribution in [3.05, 3.63) is 24.3 Å². The van der Waals surface area contributed by atoms with Crippen molar-refractivity contribution in [1.29, 1.82) is 0 Å². The maximum Gasteiger partial charge on any atom is 0.234 e. The molecular weight excluding hydrogens is 296 g/mol. The highest BCUT2D eigenvalue weighted by Gasteiger charge is 2.07. The number of nitrogen functional groups attached to an aromatic ring is 1. The number of nitrogens with zero attached hydrogens (tertiary/aromatic N) is 2. The highest BCUT2D eigenvalue weighted by atomic mass is 32.2. The number of rotatable bonds is 6. The lowest BCUT2D eigenvalue weighted by Crippen LogP contribution is -2.13. The summed E-state index contributed by atoms with van der Waals surface area (Å²) in [5.74, 6) is 0.944. The average molecular weight is 310 g/mol. The van der Waals surface area contributed by atoms with Crippen molar-refractivity contribution in [2.24, 2.45) is 0 Å². The molecule has 0 unspecified atom stereocenters. The molecule has 0 bridgehead atoms. The minimum absolute atomic E-state index is 0.104. The molecule has 1 amide bonds. The number of aromatic nitrogens is 2. The molecule has 1 aromatic carbocycles. The van der Waals surface area contributed by atoms with E-state index in [9.17, 15) is 4.79 Å². The molecular formula is C12H14N4O2S2. The normalized spacial score (nSPS) is 10.2. The van der Waals surface area contributed by atoms with Gasteiger partial charge < -0.3 is 15.8 Å². The first kappa shape index (κ1) is 14.6. The Kier molecular flexibility index (Phi) is 5.19. The largest absolute Gasteiger partial charge is 0.494 e. The number of hydrogen-bond acceptors (Lipinski definition) is 7. The maximum absolute atomic E-state index is 11.8. The summed E-state index contributed by atoms with van der Waals surface area (Å²) in [6.45, 7) is 2.54. The second kappa shape index (κ2) is 7.11. The SMILES string of the molecule is CCOc1ccc(NC(=O)CSc2nnc(N)s2)cc1. The Morgan fingerprint density at radius 1 is 1.40 bits per heavy atom. The number of ether oxygens (including phenoxy) is 1. The van der Waals surface area contributed by atoms with Gasteiger partial charge >= 0.3 is 0 Å². The van der Waals surface area contributed by atoms with Crippen LogP contribution < -0.4 is 15.8 Å². The molecule has 0 aliphatic rings. The van der Waals surface area contributed by atoms with Crippen LogP contribution in [0.5, 0.6) is 5.75 Å². The summed E-state index contributed by atoms with van der Waals surface area (Å²) >= 11 is 2.57. The van der Waals surface area contributed by atoms with Crippen LogP contribution in [0, 0.1) is 0 Å². The fraction of sp³-hybridized carbons (Fsp3) is 0.250. The van der Waals surface area contributed by atoms with Gasteiger partial charge in [0.25, 0.3) is 0 Å². The molecule has 0 saturated carbocycles. The minimum atomic E-state index is -0.104. The first-order valence-corrected chi connectivity index (χ1v) is 7.72. The lowest BCUT2D eigenvalue weighted by Gasteiger charge is -2.06. The molecule has 1 aromatic heterocycles. The summed E-state index contributed by atoms with van der Waals surface area (Å²) in [6.07, 6.45) is 0. The molecule has 0 spiro atoms. The van der Waals surface area contributed by atoms with E-state index in [0.717, 1.165) is 11.4 Å². The summed E-state index contributed by atoms with van der Waals surface area (Å²) in [4.78, 5) is 11.8. The Morgan fingerprint density at radius 3 is 2.75 bits per heavy atom. The Balaban J connectivity index is 1.81. The number of carbonyl (C=O) groups is 1. The van der Waals surface area contributed by atoms with Crippen molar-refractivity contribution >= 4 is 39.8 Å². The molecule has 2 rings (SSSR count). The third-order valence-corrected chi connectivity index (χ3v) is 4.08. The van der Waals surface area contributed by atoms with E-state index in [4.69, 9.17) is 10.5 Å². The number of anilines is 2. The summed E-state index contributed by atoms with van der Waals surface area (Å²) in [5, 5.41) is 10.7. The van der Waals surface area contributed by atoms with Gasteiger partial charge in [0.15, 0.2) is 4.34 Å². The summed E-state index contributed by atoms with van der Waals surface area (Å²) in [7, 11) is 0. The van der Waals surface area contributed by atoms with Crippen molar-refractivity contribution < 1.29 is 9.53 Å². The molecule has 3 N–H and O–H groups in total. The number of nitrogens with two attached hydrogens (primary N) is 1. The fourth-order valence-electron chi connectivity index (χ4n) is 1.40. The summed E-state index contributed by atoms with van der Waals surface area (Å²) in [5.41, 5.74) is 6.20. The van der Waals surface area contributed by atoms with E-state index >= 15 is 0 Å². The van der Waals surface area contributed by atoms with Crippen LogP contribution in [0.3, 0.4) is 0 Å². The quantitative estimate of drug-likeness (QED) is 0.795. The van der Waals surface area contributed by atoms with Gasteiger partial charge in [-0.3, -0.25) is 4.79 Å². The van der Waals surface area contributed by atoms with Crippen LogP contribution in [-0.4, -0.2) is 28.5 Å². The van der Waals surface area contributed by atoms with Gasteiger partial charge in [-0.05, 0) is 31.2 Å². The molecule has 2 aromatic rings. The van der Waals surface area contributed by atoms with E-state index in [1.54, 1.807) is 12.1 Å². The predicted octanol–water partition coefficient (Wildman–Crippen LogP) is 2.25. The van der Waals surface area contributed by atoms with Crippen molar-refractivity contribution in [1.82, 2.24) is 10.2 Å². The number of carbonyl (C=O) groups excluding carboxylic acids is 1. The summed E-state index contributed by atoms with van der Waals surface area (Å²) < 4.78 is 6.02. The van der Waals surface area contributed by atoms with Gasteiger partial charge in [-0.2, -0.15) is 0 Å². The molecule has 0 aliphatic carbocycles. The highest BCUT2D eigenvalue weighted by Crippen LogP contribution is 2.23. The molecule has 1 heterocycles. The van der Waals surface area contributed by atoms with Crippen molar-refractivity contribution in [3.63, 3.8) is 0 Å². The topological polar surface area (TPSA) is 90.1 Å². The molecule has 0 radical (unpaired) electrons. The van der Waals surface area contributed by atoms with Gasteiger partial charge in [0.05, 0.1) is 12.4 Å². The third-order valence-electron chi connectivity index (χ3n) is 2.20. The van der Waals surface area contributed by atoms with E-state index < -0.39 is 0 Å². The second-order valence-electron chi connectivity index (χ2n) is 3.70. The van der Waals surface area contributed by atoms with Crippen molar-refractivity contribution in [3.8, 4) is 5.75 Å². The van der Waals surface area contributed by atoms with Crippen LogP contribution >= 0.6 is 23.1 Å². The van der Waals surface area contributed by atoms with Crippen molar-refractivity contribution in [2.75, 3.05) is 23.4 Å². The zero-order valence-corrected chi connectivity index (χ0v) is 12.5. The molecule has 0 fully saturated rings. The Labute approximate surface area is 124 Å². The molecule has 0 aliphatic heterocycles. The second-order valence-corrected chi connectivity index (χ2v) is 5.93. The molecule has 0 atom stereocenters. The van der Waals surface area contributed by atoms with Crippen LogP contribution in [0.25, 0.3) is 0 Å². The van der Waals surface area contributed by atoms with E-state index in [2.05, 4.69) is 15.5 Å². The average Bonchev–Trinajstić information content (AvgIpc) is 2.85. The van der Waals surface area contributed by atoms with E-state index in [1.165, 1.54) is 23.1 Å². The zero-order chi connectivity index (χ0) is 14.4. The number of hydrogen-bond donors (Lipinski definition) is 2. The number of amides is 1. The van der Waals surface area contributed by atoms with Gasteiger partial charge in [0.2, 0.25) is 11.0 Å². The number of thioether (sulfide) groups is 1. The monoisotopic (exact) mass is 310 g/mol. The van der Waals surface area contributed by atoms with Crippen LogP contribution in [0.1, 0.15) is 6.92 Å². The van der Waals surface area contributed by atoms with Crippen LogP contribution in [0.15, 0.2) is 28.6 Å². The lowest BCUT2D eigenvalue weighted by atomic mass is 10.3. The van der Waals surface area contributed by atoms with Gasteiger partial charge in [-0.15, -0.1) is 10.2 Å². The van der Waals surface area contributed by atoms with E-state index in [0.29, 0.717) is 16.1 Å². The Bertz CT molecular complexity index is 571. The molecule has 6 nitrogen and oxygen atoms in total. The highest BCUT2D eigenvalue weighted by molar-refractivity contribution is 8.01. The molecule has 8 heteroatoms. The van der Waals surface area contributed by atoms with Gasteiger partial charge in [0, 0.05) is 5.69 Å².